The lowest BCUT2D eigenvalue weighted by Crippen LogP contribution is -2.27. The Hall–Kier alpha value is -2.62. The van der Waals surface area contributed by atoms with Gasteiger partial charge in [0.05, 0.1) is 11.3 Å². The summed E-state index contributed by atoms with van der Waals surface area (Å²) >= 11 is 1.08. The van der Waals surface area contributed by atoms with E-state index in [2.05, 4.69) is 4.72 Å². The molecule has 0 amide bonds. The number of carbonyl (C=O) groups excluding carboxylic acids is 1. The van der Waals surface area contributed by atoms with E-state index in [1.54, 1.807) is 17.5 Å². The van der Waals surface area contributed by atoms with E-state index in [-0.39, 0.29) is 28.5 Å². The van der Waals surface area contributed by atoms with Gasteiger partial charge in [-0.2, -0.15) is 0 Å². The van der Waals surface area contributed by atoms with Gasteiger partial charge in [-0.3, -0.25) is 4.79 Å². The number of halogens is 2. The largest absolute Gasteiger partial charge is 0.415 e. The smallest absolute Gasteiger partial charge is 0.313 e. The van der Waals surface area contributed by atoms with Crippen molar-refractivity contribution in [2.24, 2.45) is 0 Å². The molecule has 0 fully saturated rings. The molecular formula is C20H17F2NO4S2. The molecule has 3 rings (SSSR count). The Bertz CT molecular complexity index is 1130. The molecule has 0 aliphatic carbocycles. The van der Waals surface area contributed by atoms with E-state index in [4.69, 9.17) is 4.74 Å². The van der Waals surface area contributed by atoms with Crippen LogP contribution in [0.5, 0.6) is 5.06 Å². The van der Waals surface area contributed by atoms with Gasteiger partial charge in [0.15, 0.2) is 5.06 Å². The highest BCUT2D eigenvalue weighted by Crippen LogP contribution is 2.32. The second-order valence-corrected chi connectivity index (χ2v) is 8.85. The van der Waals surface area contributed by atoms with Gasteiger partial charge < -0.3 is 4.74 Å². The van der Waals surface area contributed by atoms with Crippen molar-refractivity contribution >= 4 is 27.3 Å². The van der Waals surface area contributed by atoms with Crippen LogP contribution in [0.4, 0.5) is 8.78 Å². The van der Waals surface area contributed by atoms with Gasteiger partial charge in [-0.15, -0.1) is 11.3 Å². The molecule has 5 nitrogen and oxygen atoms in total. The van der Waals surface area contributed by atoms with Gasteiger partial charge in [0.25, 0.3) is 0 Å². The summed E-state index contributed by atoms with van der Waals surface area (Å²) in [7, 11) is -3.71. The number of ether oxygens (including phenoxy) is 1. The monoisotopic (exact) mass is 437 g/mol. The normalized spacial score (nSPS) is 11.4. The van der Waals surface area contributed by atoms with E-state index in [0.29, 0.717) is 5.56 Å². The minimum Gasteiger partial charge on any atom is -0.415 e. The van der Waals surface area contributed by atoms with E-state index in [1.807, 2.05) is 6.92 Å². The van der Waals surface area contributed by atoms with Crippen LogP contribution in [-0.2, 0) is 14.8 Å². The van der Waals surface area contributed by atoms with Crippen molar-refractivity contribution in [1.29, 1.82) is 0 Å². The molecule has 1 aromatic heterocycles. The lowest BCUT2D eigenvalue weighted by molar-refractivity contribution is -0.133. The van der Waals surface area contributed by atoms with Crippen molar-refractivity contribution < 1.29 is 26.7 Å². The second-order valence-electron chi connectivity index (χ2n) is 6.21. The molecule has 0 saturated heterocycles. The molecule has 0 aliphatic heterocycles. The van der Waals surface area contributed by atoms with Crippen LogP contribution in [0.1, 0.15) is 12.0 Å². The average Bonchev–Trinajstić information content (AvgIpc) is 3.10. The number of rotatable bonds is 7. The molecule has 29 heavy (non-hydrogen) atoms. The number of esters is 1. The third kappa shape index (κ3) is 5.47. The minimum atomic E-state index is -3.71. The van der Waals surface area contributed by atoms with Crippen molar-refractivity contribution in [3.8, 4) is 16.2 Å². The molecule has 2 aromatic carbocycles. The fourth-order valence-corrected chi connectivity index (χ4v) is 4.29. The lowest BCUT2D eigenvalue weighted by Gasteiger charge is -2.06. The third-order valence-electron chi connectivity index (χ3n) is 3.98. The Balaban J connectivity index is 1.55. The first-order valence-corrected chi connectivity index (χ1v) is 10.9. The summed E-state index contributed by atoms with van der Waals surface area (Å²) in [6.07, 6.45) is -0.177. The van der Waals surface area contributed by atoms with E-state index < -0.39 is 27.6 Å². The van der Waals surface area contributed by atoms with Gasteiger partial charge in [-0.05, 0) is 36.8 Å². The molecule has 0 atom stereocenters. The molecular weight excluding hydrogens is 420 g/mol. The number of thiophene rings is 1. The Morgan fingerprint density at radius 2 is 1.83 bits per heavy atom. The predicted molar refractivity (Wildman–Crippen MR) is 106 cm³/mol. The first-order valence-electron chi connectivity index (χ1n) is 8.55. The van der Waals surface area contributed by atoms with Gasteiger partial charge in [-0.1, -0.05) is 17.7 Å². The molecule has 3 aromatic rings. The maximum atomic E-state index is 13.8. The van der Waals surface area contributed by atoms with Crippen LogP contribution in [0.15, 0.2) is 58.8 Å². The summed E-state index contributed by atoms with van der Waals surface area (Å²) < 4.78 is 58.7. The standard InChI is InChI=1S/C20H17F2NO4S2/c1-13-2-5-16(6-3-13)29(25,26)23-9-8-19(24)27-20-10-14(12-28-20)17-7-4-15(21)11-18(17)22/h2-7,10-12,23H,8-9H2,1H3. The van der Waals surface area contributed by atoms with Crippen LogP contribution in [0.3, 0.4) is 0 Å². The van der Waals surface area contributed by atoms with Crippen LogP contribution in [-0.4, -0.2) is 20.9 Å². The zero-order chi connectivity index (χ0) is 21.0. The number of nitrogens with one attached hydrogen (secondary N) is 1. The highest BCUT2D eigenvalue weighted by molar-refractivity contribution is 7.89. The Kier molecular flexibility index (Phi) is 6.41. The number of aryl methyl sites for hydroxylation is 1. The van der Waals surface area contributed by atoms with E-state index in [9.17, 15) is 22.0 Å². The summed E-state index contributed by atoms with van der Waals surface area (Å²) in [4.78, 5) is 12.1. The Morgan fingerprint density at radius 1 is 1.10 bits per heavy atom. The maximum Gasteiger partial charge on any atom is 0.313 e. The van der Waals surface area contributed by atoms with E-state index in [1.165, 1.54) is 24.3 Å². The van der Waals surface area contributed by atoms with E-state index in [0.717, 1.165) is 29.0 Å². The van der Waals surface area contributed by atoms with Gasteiger partial charge in [0.1, 0.15) is 11.6 Å². The fraction of sp³-hybridized carbons (Fsp3) is 0.150. The van der Waals surface area contributed by atoms with Crippen LogP contribution in [0.25, 0.3) is 11.1 Å². The molecule has 0 aliphatic rings. The van der Waals surface area contributed by atoms with Crippen LogP contribution >= 0.6 is 11.3 Å². The molecule has 0 spiro atoms. The first kappa shape index (κ1) is 21.1. The highest BCUT2D eigenvalue weighted by Gasteiger charge is 2.15. The third-order valence-corrected chi connectivity index (χ3v) is 6.27. The number of benzene rings is 2. The van der Waals surface area contributed by atoms with Crippen molar-refractivity contribution in [2.75, 3.05) is 6.54 Å². The van der Waals surface area contributed by atoms with Gasteiger partial charge >= 0.3 is 5.97 Å². The SMILES string of the molecule is Cc1ccc(S(=O)(=O)NCCC(=O)Oc2cc(-c3ccc(F)cc3F)cs2)cc1. The van der Waals surface area contributed by atoms with Crippen molar-refractivity contribution in [3.63, 3.8) is 0 Å². The maximum absolute atomic E-state index is 13.8. The Labute approximate surface area is 171 Å². The van der Waals surface area contributed by atoms with Crippen LogP contribution in [0.2, 0.25) is 0 Å². The molecule has 152 valence electrons. The molecule has 0 saturated carbocycles. The van der Waals surface area contributed by atoms with Crippen molar-refractivity contribution in [1.82, 2.24) is 4.72 Å². The van der Waals surface area contributed by atoms with Crippen LogP contribution < -0.4 is 9.46 Å². The molecule has 1 N–H and O–H groups in total. The molecule has 0 bridgehead atoms. The average molecular weight is 437 g/mol. The number of carbonyl (C=O) groups is 1. The van der Waals surface area contributed by atoms with Gasteiger partial charge in [0, 0.05) is 29.6 Å². The lowest BCUT2D eigenvalue weighted by atomic mass is 10.1. The molecule has 9 heteroatoms. The number of hydrogen-bond acceptors (Lipinski definition) is 5. The second kappa shape index (κ2) is 8.81. The predicted octanol–water partition coefficient (Wildman–Crippen LogP) is 4.28. The zero-order valence-corrected chi connectivity index (χ0v) is 16.9. The quantitative estimate of drug-likeness (QED) is 0.560. The van der Waals surface area contributed by atoms with Crippen molar-refractivity contribution in [3.05, 3.63) is 71.1 Å². The molecule has 1 heterocycles. The highest BCUT2D eigenvalue weighted by atomic mass is 32.2. The first-order chi connectivity index (χ1) is 13.7. The summed E-state index contributed by atoms with van der Waals surface area (Å²) in [5, 5.41) is 1.81. The number of sulfonamides is 1. The van der Waals surface area contributed by atoms with Gasteiger partial charge in [-0.25, -0.2) is 21.9 Å². The topological polar surface area (TPSA) is 72.5 Å². The van der Waals surface area contributed by atoms with Gasteiger partial charge in [0.2, 0.25) is 10.0 Å². The van der Waals surface area contributed by atoms with Crippen molar-refractivity contribution in [2.45, 2.75) is 18.2 Å². The molecule has 0 radical (unpaired) electrons. The summed E-state index contributed by atoms with van der Waals surface area (Å²) in [5.74, 6) is -2.03. The fourth-order valence-electron chi connectivity index (χ4n) is 2.49. The Morgan fingerprint density at radius 3 is 2.52 bits per heavy atom. The zero-order valence-electron chi connectivity index (χ0n) is 15.3. The van der Waals surface area contributed by atoms with Crippen LogP contribution in [0, 0.1) is 18.6 Å². The summed E-state index contributed by atoms with van der Waals surface area (Å²) in [6.45, 7) is 1.72. The summed E-state index contributed by atoms with van der Waals surface area (Å²) in [5.41, 5.74) is 1.58. The molecule has 0 unspecified atom stereocenters. The van der Waals surface area contributed by atoms with E-state index >= 15 is 0 Å². The minimum absolute atomic E-state index is 0.112. The number of hydrogen-bond donors (Lipinski definition) is 1. The summed E-state index contributed by atoms with van der Waals surface area (Å²) in [6, 6.07) is 11.0.